The van der Waals surface area contributed by atoms with Crippen LogP contribution in [0.1, 0.15) is 35.9 Å². The highest BCUT2D eigenvalue weighted by molar-refractivity contribution is 5.92. The van der Waals surface area contributed by atoms with Gasteiger partial charge in [-0.2, -0.15) is 18.3 Å². The Bertz CT molecular complexity index is 493. The van der Waals surface area contributed by atoms with Gasteiger partial charge >= 0.3 is 6.18 Å². The third-order valence-electron chi connectivity index (χ3n) is 3.28. The van der Waals surface area contributed by atoms with Crippen molar-refractivity contribution in [2.45, 2.75) is 38.1 Å². The fourth-order valence-electron chi connectivity index (χ4n) is 2.21. The van der Waals surface area contributed by atoms with Crippen LogP contribution in [0.5, 0.6) is 0 Å². The van der Waals surface area contributed by atoms with Crippen molar-refractivity contribution in [1.29, 1.82) is 0 Å². The monoisotopic (exact) mass is 291 g/mol. The van der Waals surface area contributed by atoms with Crippen molar-refractivity contribution in [3.63, 3.8) is 0 Å². The van der Waals surface area contributed by atoms with E-state index in [2.05, 4.69) is 10.4 Å². The van der Waals surface area contributed by atoms with Gasteiger partial charge in [-0.3, -0.25) is 9.48 Å². The van der Waals surface area contributed by atoms with Crippen molar-refractivity contribution in [2.75, 3.05) is 6.61 Å². The maximum Gasteiger partial charge on any atom is 0.433 e. The molecule has 0 aliphatic carbocycles. The Kier molecular flexibility index (Phi) is 4.03. The molecule has 112 valence electrons. The number of hydrogen-bond donors (Lipinski definition) is 1. The molecule has 1 N–H and O–H groups in total. The van der Waals surface area contributed by atoms with Crippen LogP contribution >= 0.6 is 0 Å². The SMILES string of the molecule is C[C@@H](NC(=O)c1cc(C(F)(F)F)n(C)n1)[C@H]1CCCO1. The Balaban J connectivity index is 2.06. The van der Waals surface area contributed by atoms with Crippen LogP contribution in [0.15, 0.2) is 6.07 Å². The normalized spacial score (nSPS) is 20.9. The first-order valence-electron chi connectivity index (χ1n) is 6.32. The topological polar surface area (TPSA) is 56.2 Å². The zero-order valence-corrected chi connectivity index (χ0v) is 11.2. The van der Waals surface area contributed by atoms with Crippen molar-refractivity contribution < 1.29 is 22.7 Å². The van der Waals surface area contributed by atoms with Gasteiger partial charge in [0.05, 0.1) is 12.1 Å². The predicted octanol–water partition coefficient (Wildman–Crippen LogP) is 1.74. The van der Waals surface area contributed by atoms with Crippen molar-refractivity contribution in [2.24, 2.45) is 7.05 Å². The number of ether oxygens (including phenoxy) is 1. The molecule has 0 unspecified atom stereocenters. The molecule has 1 amide bonds. The molecule has 1 saturated heterocycles. The molecule has 20 heavy (non-hydrogen) atoms. The van der Waals surface area contributed by atoms with E-state index in [4.69, 9.17) is 4.74 Å². The molecule has 5 nitrogen and oxygen atoms in total. The summed E-state index contributed by atoms with van der Waals surface area (Å²) in [5.41, 5.74) is -1.20. The molecule has 0 radical (unpaired) electrons. The van der Waals surface area contributed by atoms with Crippen LogP contribution in [-0.2, 0) is 18.0 Å². The van der Waals surface area contributed by atoms with Crippen molar-refractivity contribution in [3.05, 3.63) is 17.5 Å². The van der Waals surface area contributed by atoms with Gasteiger partial charge in [-0.25, -0.2) is 0 Å². The van der Waals surface area contributed by atoms with E-state index in [0.29, 0.717) is 11.3 Å². The molecule has 0 aromatic carbocycles. The van der Waals surface area contributed by atoms with Gasteiger partial charge in [0, 0.05) is 19.7 Å². The molecule has 2 rings (SSSR count). The van der Waals surface area contributed by atoms with Gasteiger partial charge in [0.2, 0.25) is 0 Å². The Hall–Kier alpha value is -1.57. The summed E-state index contributed by atoms with van der Waals surface area (Å²) in [5.74, 6) is -0.626. The molecular formula is C12H16F3N3O2. The maximum atomic E-state index is 12.6. The third-order valence-corrected chi connectivity index (χ3v) is 3.28. The minimum Gasteiger partial charge on any atom is -0.376 e. The number of halogens is 3. The number of aromatic nitrogens is 2. The van der Waals surface area contributed by atoms with Gasteiger partial charge in [0.15, 0.2) is 5.69 Å². The first kappa shape index (κ1) is 14.8. The highest BCUT2D eigenvalue weighted by Gasteiger charge is 2.36. The number of amides is 1. The largest absolute Gasteiger partial charge is 0.433 e. The van der Waals surface area contributed by atoms with Crippen LogP contribution < -0.4 is 5.32 Å². The van der Waals surface area contributed by atoms with Gasteiger partial charge < -0.3 is 10.1 Å². The number of nitrogens with one attached hydrogen (secondary N) is 1. The summed E-state index contributed by atoms with van der Waals surface area (Å²) in [5, 5.41) is 6.22. The van der Waals surface area contributed by atoms with Crippen LogP contribution in [0.2, 0.25) is 0 Å². The summed E-state index contributed by atoms with van der Waals surface area (Å²) >= 11 is 0. The summed E-state index contributed by atoms with van der Waals surface area (Å²) in [6.45, 7) is 2.41. The fourth-order valence-corrected chi connectivity index (χ4v) is 2.21. The molecule has 1 aromatic heterocycles. The lowest BCUT2D eigenvalue weighted by atomic mass is 10.1. The molecular weight excluding hydrogens is 275 g/mol. The number of alkyl halides is 3. The second kappa shape index (κ2) is 5.43. The molecule has 1 fully saturated rings. The van der Waals surface area contributed by atoms with E-state index in [1.165, 1.54) is 0 Å². The number of hydrogen-bond acceptors (Lipinski definition) is 3. The van der Waals surface area contributed by atoms with Crippen LogP contribution in [0, 0.1) is 0 Å². The Morgan fingerprint density at radius 1 is 1.60 bits per heavy atom. The summed E-state index contributed by atoms with van der Waals surface area (Å²) in [7, 11) is 1.16. The second-order valence-electron chi connectivity index (χ2n) is 4.85. The predicted molar refractivity (Wildman–Crippen MR) is 64.1 cm³/mol. The first-order chi connectivity index (χ1) is 9.29. The van der Waals surface area contributed by atoms with Gasteiger partial charge in [0.1, 0.15) is 5.69 Å². The molecule has 1 aliphatic heterocycles. The van der Waals surface area contributed by atoms with E-state index in [0.717, 1.165) is 26.0 Å². The van der Waals surface area contributed by atoms with Crippen molar-refractivity contribution in [1.82, 2.24) is 15.1 Å². The zero-order valence-electron chi connectivity index (χ0n) is 11.2. The number of carbonyl (C=O) groups excluding carboxylic acids is 1. The van der Waals surface area contributed by atoms with Crippen molar-refractivity contribution >= 4 is 5.91 Å². The quantitative estimate of drug-likeness (QED) is 0.923. The number of carbonyl (C=O) groups is 1. The summed E-state index contributed by atoms with van der Waals surface area (Å²) in [6.07, 6.45) is -2.87. The van der Waals surface area contributed by atoms with E-state index in [1.807, 2.05) is 0 Å². The Labute approximate surface area is 114 Å². The Morgan fingerprint density at radius 3 is 2.80 bits per heavy atom. The van der Waals surface area contributed by atoms with Crippen LogP contribution in [0.25, 0.3) is 0 Å². The molecule has 1 aromatic rings. The molecule has 1 aliphatic rings. The molecule has 8 heteroatoms. The van der Waals surface area contributed by atoms with Crippen LogP contribution in [0.4, 0.5) is 13.2 Å². The first-order valence-corrected chi connectivity index (χ1v) is 6.32. The minimum atomic E-state index is -4.53. The molecule has 0 bridgehead atoms. The van der Waals surface area contributed by atoms with Gasteiger partial charge in [0.25, 0.3) is 5.91 Å². The molecule has 0 spiro atoms. The van der Waals surface area contributed by atoms with Crippen molar-refractivity contribution in [3.8, 4) is 0 Å². The van der Waals surface area contributed by atoms with Gasteiger partial charge in [-0.15, -0.1) is 0 Å². The van der Waals surface area contributed by atoms with E-state index in [1.54, 1.807) is 6.92 Å². The zero-order chi connectivity index (χ0) is 14.9. The van der Waals surface area contributed by atoms with Gasteiger partial charge in [-0.1, -0.05) is 0 Å². The van der Waals surface area contributed by atoms with Crippen LogP contribution in [0.3, 0.4) is 0 Å². The van der Waals surface area contributed by atoms with Crippen LogP contribution in [-0.4, -0.2) is 34.4 Å². The average Bonchev–Trinajstić information content (AvgIpc) is 2.95. The second-order valence-corrected chi connectivity index (χ2v) is 4.85. The molecule has 0 saturated carbocycles. The number of nitrogens with zero attached hydrogens (tertiary/aromatic N) is 2. The van der Waals surface area contributed by atoms with E-state index < -0.39 is 17.8 Å². The smallest absolute Gasteiger partial charge is 0.376 e. The lowest BCUT2D eigenvalue weighted by Crippen LogP contribution is -2.41. The third kappa shape index (κ3) is 3.12. The standard InChI is InChI=1S/C12H16F3N3O2/c1-7(9-4-3-5-20-9)16-11(19)8-6-10(12(13,14)15)18(2)17-8/h6-7,9H,3-5H2,1-2H3,(H,16,19)/t7-,9-/m1/s1. The highest BCUT2D eigenvalue weighted by atomic mass is 19.4. The molecule has 2 atom stereocenters. The average molecular weight is 291 g/mol. The summed E-state index contributed by atoms with van der Waals surface area (Å²) < 4.78 is 43.9. The highest BCUT2D eigenvalue weighted by Crippen LogP contribution is 2.29. The van der Waals surface area contributed by atoms with E-state index in [-0.39, 0.29) is 17.8 Å². The van der Waals surface area contributed by atoms with E-state index in [9.17, 15) is 18.0 Å². The Morgan fingerprint density at radius 2 is 2.30 bits per heavy atom. The minimum absolute atomic E-state index is 0.0928. The lowest BCUT2D eigenvalue weighted by Gasteiger charge is -2.19. The maximum absolute atomic E-state index is 12.6. The number of rotatable bonds is 3. The molecule has 2 heterocycles. The summed E-state index contributed by atoms with van der Waals surface area (Å²) in [6, 6.07) is 0.485. The number of aryl methyl sites for hydroxylation is 1. The summed E-state index contributed by atoms with van der Waals surface area (Å²) in [4.78, 5) is 11.9. The fraction of sp³-hybridized carbons (Fsp3) is 0.667. The lowest BCUT2D eigenvalue weighted by molar-refractivity contribution is -0.143. The van der Waals surface area contributed by atoms with E-state index >= 15 is 0 Å². The van der Waals surface area contributed by atoms with Gasteiger partial charge in [-0.05, 0) is 19.8 Å².